The number of nitrogens with zero attached hydrogens (tertiary/aromatic N) is 3. The zero-order valence-corrected chi connectivity index (χ0v) is 9.05. The molecule has 0 aromatic carbocycles. The molecule has 0 atom stereocenters. The van der Waals surface area contributed by atoms with Crippen molar-refractivity contribution in [1.29, 1.82) is 0 Å². The van der Waals surface area contributed by atoms with Gasteiger partial charge in [0.2, 0.25) is 0 Å². The third-order valence-corrected chi connectivity index (χ3v) is 3.47. The number of rotatable bonds is 1. The lowest BCUT2D eigenvalue weighted by Crippen LogP contribution is -2.54. The van der Waals surface area contributed by atoms with Crippen LogP contribution >= 0.6 is 11.3 Å². The van der Waals surface area contributed by atoms with Crippen LogP contribution in [0.25, 0.3) is 0 Å². The predicted octanol–water partition coefficient (Wildman–Crippen LogP) is 1.04. The quantitative estimate of drug-likeness (QED) is 0.627. The molecule has 0 radical (unpaired) electrons. The van der Waals surface area contributed by atoms with E-state index in [0.717, 1.165) is 17.6 Å². The van der Waals surface area contributed by atoms with Crippen molar-refractivity contribution in [2.45, 2.75) is 0 Å². The second-order valence-corrected chi connectivity index (χ2v) is 5.06. The SMILES string of the molecule is C[N+]1(C)CCN(c2nccs2)CC1. The largest absolute Gasteiger partial charge is 0.337 e. The Balaban J connectivity index is 1.99. The molecule has 72 valence electrons. The molecule has 2 heterocycles. The third kappa shape index (κ3) is 2.00. The topological polar surface area (TPSA) is 16.1 Å². The molecule has 13 heavy (non-hydrogen) atoms. The molecular weight excluding hydrogens is 182 g/mol. The Kier molecular flexibility index (Phi) is 2.26. The summed E-state index contributed by atoms with van der Waals surface area (Å²) in [5.41, 5.74) is 0. The molecular formula is C9H16N3S+. The van der Waals surface area contributed by atoms with Crippen LogP contribution in [0.1, 0.15) is 0 Å². The summed E-state index contributed by atoms with van der Waals surface area (Å²) in [4.78, 5) is 6.71. The summed E-state index contributed by atoms with van der Waals surface area (Å²) in [6, 6.07) is 0. The number of hydrogen-bond acceptors (Lipinski definition) is 3. The molecule has 1 aliphatic heterocycles. The summed E-state index contributed by atoms with van der Waals surface area (Å²) in [5, 5.41) is 3.23. The van der Waals surface area contributed by atoms with Gasteiger partial charge in [0.15, 0.2) is 5.13 Å². The fourth-order valence-electron chi connectivity index (χ4n) is 1.57. The highest BCUT2D eigenvalue weighted by molar-refractivity contribution is 7.13. The lowest BCUT2D eigenvalue weighted by molar-refractivity contribution is -0.890. The van der Waals surface area contributed by atoms with Gasteiger partial charge in [0.05, 0.1) is 40.3 Å². The van der Waals surface area contributed by atoms with Gasteiger partial charge in [-0.2, -0.15) is 0 Å². The van der Waals surface area contributed by atoms with E-state index in [1.54, 1.807) is 11.3 Å². The Morgan fingerprint density at radius 1 is 1.38 bits per heavy atom. The summed E-state index contributed by atoms with van der Waals surface area (Å²) in [6.45, 7) is 4.72. The van der Waals surface area contributed by atoms with Gasteiger partial charge in [-0.05, 0) is 0 Å². The molecule has 0 aliphatic carbocycles. The molecule has 2 rings (SSSR count). The normalized spacial score (nSPS) is 21.8. The van der Waals surface area contributed by atoms with Gasteiger partial charge in [0.1, 0.15) is 0 Å². The summed E-state index contributed by atoms with van der Waals surface area (Å²) in [6.07, 6.45) is 1.88. The molecule has 1 aromatic heterocycles. The van der Waals surface area contributed by atoms with Crippen molar-refractivity contribution in [3.63, 3.8) is 0 Å². The van der Waals surface area contributed by atoms with Crippen LogP contribution in [0.2, 0.25) is 0 Å². The van der Waals surface area contributed by atoms with E-state index in [1.165, 1.54) is 18.2 Å². The number of piperazine rings is 1. The molecule has 1 aliphatic rings. The number of anilines is 1. The lowest BCUT2D eigenvalue weighted by Gasteiger charge is -2.38. The van der Waals surface area contributed by atoms with Crippen molar-refractivity contribution in [2.75, 3.05) is 45.2 Å². The van der Waals surface area contributed by atoms with Crippen LogP contribution < -0.4 is 4.90 Å². The average molecular weight is 198 g/mol. The van der Waals surface area contributed by atoms with Gasteiger partial charge in [-0.15, -0.1) is 11.3 Å². The smallest absolute Gasteiger partial charge is 0.185 e. The van der Waals surface area contributed by atoms with Crippen molar-refractivity contribution < 1.29 is 4.48 Å². The van der Waals surface area contributed by atoms with E-state index in [9.17, 15) is 0 Å². The van der Waals surface area contributed by atoms with Crippen LogP contribution in [0.5, 0.6) is 0 Å². The molecule has 3 nitrogen and oxygen atoms in total. The van der Waals surface area contributed by atoms with Crippen LogP contribution in [0, 0.1) is 0 Å². The summed E-state index contributed by atoms with van der Waals surface area (Å²) < 4.78 is 1.14. The van der Waals surface area contributed by atoms with Gasteiger partial charge in [-0.25, -0.2) is 4.98 Å². The fraction of sp³-hybridized carbons (Fsp3) is 0.667. The van der Waals surface area contributed by atoms with Crippen LogP contribution in [0.4, 0.5) is 5.13 Å². The van der Waals surface area contributed by atoms with E-state index < -0.39 is 0 Å². The maximum atomic E-state index is 4.33. The molecule has 0 amide bonds. The van der Waals surface area contributed by atoms with Crippen molar-refractivity contribution in [3.8, 4) is 0 Å². The maximum absolute atomic E-state index is 4.33. The van der Waals surface area contributed by atoms with Gasteiger partial charge in [-0.3, -0.25) is 0 Å². The van der Waals surface area contributed by atoms with Crippen molar-refractivity contribution in [3.05, 3.63) is 11.6 Å². The first kappa shape index (κ1) is 8.97. The monoisotopic (exact) mass is 198 g/mol. The molecule has 0 unspecified atom stereocenters. The van der Waals surface area contributed by atoms with E-state index in [2.05, 4.69) is 24.0 Å². The van der Waals surface area contributed by atoms with Gasteiger partial charge < -0.3 is 9.38 Å². The zero-order valence-electron chi connectivity index (χ0n) is 8.23. The molecule has 4 heteroatoms. The highest BCUT2D eigenvalue weighted by Gasteiger charge is 2.25. The minimum Gasteiger partial charge on any atom is -0.337 e. The number of quaternary nitrogens is 1. The number of thiazole rings is 1. The highest BCUT2D eigenvalue weighted by atomic mass is 32.1. The molecule has 0 saturated carbocycles. The highest BCUT2D eigenvalue weighted by Crippen LogP contribution is 2.19. The van der Waals surface area contributed by atoms with Crippen molar-refractivity contribution >= 4 is 16.5 Å². The standard InChI is InChI=1S/C9H16N3S/c1-12(2)6-4-11(5-7-12)9-10-3-8-13-9/h3,8H,4-7H2,1-2H3/q+1. The van der Waals surface area contributed by atoms with E-state index >= 15 is 0 Å². The Bertz CT molecular complexity index is 258. The molecule has 1 saturated heterocycles. The summed E-state index contributed by atoms with van der Waals surface area (Å²) >= 11 is 1.74. The zero-order chi connectivity index (χ0) is 9.31. The molecule has 1 fully saturated rings. The van der Waals surface area contributed by atoms with Gasteiger partial charge >= 0.3 is 0 Å². The molecule has 0 spiro atoms. The number of aromatic nitrogens is 1. The van der Waals surface area contributed by atoms with E-state index in [0.29, 0.717) is 0 Å². The van der Waals surface area contributed by atoms with E-state index in [-0.39, 0.29) is 0 Å². The van der Waals surface area contributed by atoms with Gasteiger partial charge in [-0.1, -0.05) is 0 Å². The fourth-order valence-corrected chi connectivity index (χ4v) is 2.27. The lowest BCUT2D eigenvalue weighted by atomic mass is 10.3. The van der Waals surface area contributed by atoms with Gasteiger partial charge in [0.25, 0.3) is 0 Å². The van der Waals surface area contributed by atoms with E-state index in [4.69, 9.17) is 0 Å². The second-order valence-electron chi connectivity index (χ2n) is 4.18. The average Bonchev–Trinajstić information content (AvgIpc) is 2.56. The van der Waals surface area contributed by atoms with Crippen LogP contribution in [-0.4, -0.2) is 49.7 Å². The predicted molar refractivity (Wildman–Crippen MR) is 56.2 cm³/mol. The Hall–Kier alpha value is -0.610. The number of hydrogen-bond donors (Lipinski definition) is 0. The van der Waals surface area contributed by atoms with Gasteiger partial charge in [0, 0.05) is 11.6 Å². The summed E-state index contributed by atoms with van der Waals surface area (Å²) in [5.74, 6) is 0. The molecule has 0 N–H and O–H groups in total. The minimum atomic E-state index is 1.14. The molecule has 1 aromatic rings. The maximum Gasteiger partial charge on any atom is 0.185 e. The Morgan fingerprint density at radius 2 is 2.08 bits per heavy atom. The first-order valence-corrected chi connectivity index (χ1v) is 5.52. The first-order valence-electron chi connectivity index (χ1n) is 4.64. The first-order chi connectivity index (χ1) is 6.17. The Morgan fingerprint density at radius 3 is 2.62 bits per heavy atom. The van der Waals surface area contributed by atoms with Crippen LogP contribution in [-0.2, 0) is 0 Å². The molecule has 0 bridgehead atoms. The number of likely N-dealkylation sites (N-methyl/N-ethyl adjacent to an activating group) is 1. The van der Waals surface area contributed by atoms with Crippen molar-refractivity contribution in [2.24, 2.45) is 0 Å². The third-order valence-electron chi connectivity index (χ3n) is 2.64. The van der Waals surface area contributed by atoms with Crippen molar-refractivity contribution in [1.82, 2.24) is 4.98 Å². The summed E-state index contributed by atoms with van der Waals surface area (Å²) in [7, 11) is 4.58. The van der Waals surface area contributed by atoms with Crippen LogP contribution in [0.3, 0.4) is 0 Å². The second kappa shape index (κ2) is 3.27. The Labute approximate surface area is 83.2 Å². The minimum absolute atomic E-state index is 1.14. The van der Waals surface area contributed by atoms with E-state index in [1.807, 2.05) is 11.6 Å². The van der Waals surface area contributed by atoms with Crippen LogP contribution in [0.15, 0.2) is 11.6 Å².